The topological polar surface area (TPSA) is 87.5 Å². The van der Waals surface area contributed by atoms with Crippen molar-refractivity contribution >= 4 is 17.6 Å². The summed E-state index contributed by atoms with van der Waals surface area (Å²) in [5.74, 6) is 0.452. The van der Waals surface area contributed by atoms with Crippen LogP contribution in [0.2, 0.25) is 0 Å². The molecule has 7 nitrogen and oxygen atoms in total. The summed E-state index contributed by atoms with van der Waals surface area (Å²) < 4.78 is 5.40. The van der Waals surface area contributed by atoms with Crippen LogP contribution in [0.15, 0.2) is 34.9 Å². The second-order valence-corrected chi connectivity index (χ2v) is 7.68. The van der Waals surface area contributed by atoms with Gasteiger partial charge in [0, 0.05) is 17.8 Å². The summed E-state index contributed by atoms with van der Waals surface area (Å²) in [5, 5.41) is 5.67. The standard InChI is InChI=1S/C21H30N4O3/c1-13(2)16-7-9-17(10-8-16)23-21(27)25(15(5)6)11-19-24-18(12-28-19)20(26)22-14(3)4/h7-10,12-15H,11H2,1-6H3,(H,22,26)(H,23,27). The molecule has 0 radical (unpaired) electrons. The fourth-order valence-electron chi connectivity index (χ4n) is 2.61. The molecule has 1 heterocycles. The smallest absolute Gasteiger partial charge is 0.322 e. The third-order valence-electron chi connectivity index (χ3n) is 4.22. The number of benzene rings is 1. The molecule has 28 heavy (non-hydrogen) atoms. The highest BCUT2D eigenvalue weighted by atomic mass is 16.3. The summed E-state index contributed by atoms with van der Waals surface area (Å²) in [4.78, 5) is 30.6. The van der Waals surface area contributed by atoms with E-state index in [2.05, 4.69) is 29.5 Å². The Morgan fingerprint density at radius 1 is 1.07 bits per heavy atom. The number of aromatic nitrogens is 1. The maximum atomic E-state index is 12.7. The monoisotopic (exact) mass is 386 g/mol. The average Bonchev–Trinajstić information content (AvgIpc) is 3.08. The van der Waals surface area contributed by atoms with Gasteiger partial charge in [-0.25, -0.2) is 9.78 Å². The van der Waals surface area contributed by atoms with E-state index in [-0.39, 0.29) is 36.3 Å². The lowest BCUT2D eigenvalue weighted by Gasteiger charge is -2.25. The van der Waals surface area contributed by atoms with Crippen molar-refractivity contribution in [2.75, 3.05) is 5.32 Å². The molecule has 3 amide bonds. The van der Waals surface area contributed by atoms with E-state index in [9.17, 15) is 9.59 Å². The number of oxazole rings is 1. The third-order valence-corrected chi connectivity index (χ3v) is 4.22. The molecular weight excluding hydrogens is 356 g/mol. The Bertz CT molecular complexity index is 794. The van der Waals surface area contributed by atoms with Crippen LogP contribution < -0.4 is 10.6 Å². The zero-order valence-electron chi connectivity index (χ0n) is 17.4. The van der Waals surface area contributed by atoms with Crippen LogP contribution in [0.1, 0.15) is 69.4 Å². The number of amides is 3. The van der Waals surface area contributed by atoms with Gasteiger partial charge in [-0.15, -0.1) is 0 Å². The van der Waals surface area contributed by atoms with Gasteiger partial charge in [0.25, 0.3) is 5.91 Å². The lowest BCUT2D eigenvalue weighted by Crippen LogP contribution is -2.39. The highest BCUT2D eigenvalue weighted by Gasteiger charge is 2.21. The first-order valence-electron chi connectivity index (χ1n) is 9.60. The Hall–Kier alpha value is -2.83. The number of carbonyl (C=O) groups is 2. The zero-order chi connectivity index (χ0) is 20.8. The molecule has 0 aliphatic rings. The number of nitrogens with one attached hydrogen (secondary N) is 2. The molecule has 0 aliphatic heterocycles. The van der Waals surface area contributed by atoms with Gasteiger partial charge in [-0.2, -0.15) is 0 Å². The van der Waals surface area contributed by atoms with Crippen molar-refractivity contribution in [1.82, 2.24) is 15.2 Å². The van der Waals surface area contributed by atoms with Gasteiger partial charge in [-0.1, -0.05) is 26.0 Å². The van der Waals surface area contributed by atoms with E-state index in [4.69, 9.17) is 4.42 Å². The van der Waals surface area contributed by atoms with Gasteiger partial charge in [-0.05, 0) is 51.3 Å². The molecule has 0 fully saturated rings. The first-order valence-corrected chi connectivity index (χ1v) is 9.60. The first kappa shape index (κ1) is 21.5. The molecule has 1 aromatic heterocycles. The predicted molar refractivity (Wildman–Crippen MR) is 109 cm³/mol. The average molecular weight is 386 g/mol. The van der Waals surface area contributed by atoms with Crippen LogP contribution in [0.25, 0.3) is 0 Å². The zero-order valence-corrected chi connectivity index (χ0v) is 17.4. The summed E-state index contributed by atoms with van der Waals surface area (Å²) in [5.41, 5.74) is 2.15. The summed E-state index contributed by atoms with van der Waals surface area (Å²) >= 11 is 0. The van der Waals surface area contributed by atoms with E-state index >= 15 is 0 Å². The van der Waals surface area contributed by atoms with Crippen LogP contribution in [0.3, 0.4) is 0 Å². The van der Waals surface area contributed by atoms with Crippen LogP contribution in [0.5, 0.6) is 0 Å². The number of hydrogen-bond acceptors (Lipinski definition) is 4. The minimum Gasteiger partial charge on any atom is -0.446 e. The fourth-order valence-corrected chi connectivity index (χ4v) is 2.61. The molecule has 1 aromatic carbocycles. The van der Waals surface area contributed by atoms with E-state index in [0.29, 0.717) is 11.8 Å². The second kappa shape index (κ2) is 9.39. The molecule has 7 heteroatoms. The van der Waals surface area contributed by atoms with E-state index in [1.165, 1.54) is 11.8 Å². The Labute approximate surface area is 166 Å². The largest absolute Gasteiger partial charge is 0.446 e. The molecule has 0 aliphatic carbocycles. The SMILES string of the molecule is CC(C)NC(=O)c1coc(CN(C(=O)Nc2ccc(C(C)C)cc2)C(C)C)n1. The molecular formula is C21H30N4O3. The van der Waals surface area contributed by atoms with Gasteiger partial charge in [-0.3, -0.25) is 4.79 Å². The minimum atomic E-state index is -0.296. The number of hydrogen-bond donors (Lipinski definition) is 2. The number of rotatable bonds is 7. The molecule has 2 aromatic rings. The van der Waals surface area contributed by atoms with Gasteiger partial charge >= 0.3 is 6.03 Å². The summed E-state index contributed by atoms with van der Waals surface area (Å²) in [7, 11) is 0. The Kier molecular flexibility index (Phi) is 7.20. The molecule has 0 atom stereocenters. The highest BCUT2D eigenvalue weighted by molar-refractivity contribution is 5.92. The van der Waals surface area contributed by atoms with Crippen LogP contribution >= 0.6 is 0 Å². The van der Waals surface area contributed by atoms with Crippen molar-refractivity contribution in [2.24, 2.45) is 0 Å². The quantitative estimate of drug-likeness (QED) is 0.739. The number of nitrogens with zero attached hydrogens (tertiary/aromatic N) is 2. The van der Waals surface area contributed by atoms with Crippen LogP contribution in [-0.4, -0.2) is 33.9 Å². The molecule has 2 rings (SSSR count). The number of anilines is 1. The third kappa shape index (κ3) is 5.84. The van der Waals surface area contributed by atoms with Crippen molar-refractivity contribution < 1.29 is 14.0 Å². The number of carbonyl (C=O) groups excluding carboxylic acids is 2. The first-order chi connectivity index (χ1) is 13.2. The van der Waals surface area contributed by atoms with Crippen molar-refractivity contribution in [3.63, 3.8) is 0 Å². The summed E-state index contributed by atoms with van der Waals surface area (Å²) in [6.07, 6.45) is 1.31. The Balaban J connectivity index is 2.05. The maximum absolute atomic E-state index is 12.7. The van der Waals surface area contributed by atoms with Crippen molar-refractivity contribution in [2.45, 2.75) is 66.1 Å². The summed E-state index contributed by atoms with van der Waals surface area (Å²) in [6, 6.07) is 7.49. The van der Waals surface area contributed by atoms with E-state index in [0.717, 1.165) is 5.69 Å². The molecule has 0 saturated heterocycles. The van der Waals surface area contributed by atoms with Crippen LogP contribution in [0, 0.1) is 0 Å². The molecule has 0 bridgehead atoms. The van der Waals surface area contributed by atoms with E-state index in [1.54, 1.807) is 4.90 Å². The van der Waals surface area contributed by atoms with Crippen molar-refractivity contribution in [3.8, 4) is 0 Å². The molecule has 0 spiro atoms. The van der Waals surface area contributed by atoms with E-state index in [1.807, 2.05) is 52.0 Å². The Morgan fingerprint density at radius 3 is 2.25 bits per heavy atom. The molecule has 0 unspecified atom stereocenters. The second-order valence-electron chi connectivity index (χ2n) is 7.68. The van der Waals surface area contributed by atoms with Crippen LogP contribution in [-0.2, 0) is 6.54 Å². The van der Waals surface area contributed by atoms with E-state index < -0.39 is 0 Å². The fraction of sp³-hybridized carbons (Fsp3) is 0.476. The molecule has 2 N–H and O–H groups in total. The Morgan fingerprint density at radius 2 is 1.71 bits per heavy atom. The molecule has 152 valence electrons. The van der Waals surface area contributed by atoms with Gasteiger partial charge in [0.2, 0.25) is 5.89 Å². The van der Waals surface area contributed by atoms with Gasteiger partial charge in [0.05, 0.1) is 6.54 Å². The van der Waals surface area contributed by atoms with Crippen LogP contribution in [0.4, 0.5) is 10.5 Å². The van der Waals surface area contributed by atoms with Gasteiger partial charge in [0.1, 0.15) is 6.26 Å². The highest BCUT2D eigenvalue weighted by Crippen LogP contribution is 2.18. The maximum Gasteiger partial charge on any atom is 0.322 e. The molecule has 0 saturated carbocycles. The minimum absolute atomic E-state index is 0.00711. The normalized spacial score (nSPS) is 11.2. The summed E-state index contributed by atoms with van der Waals surface area (Å²) in [6.45, 7) is 12.0. The predicted octanol–water partition coefficient (Wildman–Crippen LogP) is 4.38. The lowest BCUT2D eigenvalue weighted by atomic mass is 10.0. The van der Waals surface area contributed by atoms with Gasteiger partial charge in [0.15, 0.2) is 5.69 Å². The van der Waals surface area contributed by atoms with Gasteiger partial charge < -0.3 is 20.0 Å². The lowest BCUT2D eigenvalue weighted by molar-refractivity contribution is 0.0938. The van der Waals surface area contributed by atoms with Crippen molar-refractivity contribution in [1.29, 1.82) is 0 Å². The number of urea groups is 1. The van der Waals surface area contributed by atoms with Crippen molar-refractivity contribution in [3.05, 3.63) is 47.7 Å².